The lowest BCUT2D eigenvalue weighted by atomic mass is 10.3. The number of nitrogens with zero attached hydrogens (tertiary/aromatic N) is 1. The van der Waals surface area contributed by atoms with Gasteiger partial charge in [-0.1, -0.05) is 11.6 Å². The molecule has 0 bridgehead atoms. The molecular weight excluding hydrogens is 196 g/mol. The Morgan fingerprint density at radius 3 is 3.08 bits per heavy atom. The van der Waals surface area contributed by atoms with Crippen LogP contribution < -0.4 is 10.3 Å². The van der Waals surface area contributed by atoms with Crippen LogP contribution in [-0.4, -0.2) is 29.3 Å². The molecule has 13 heavy (non-hydrogen) atoms. The van der Waals surface area contributed by atoms with Gasteiger partial charge >= 0.3 is 0 Å². The van der Waals surface area contributed by atoms with Gasteiger partial charge in [0.2, 0.25) is 5.88 Å². The first kappa shape index (κ1) is 8.52. The van der Waals surface area contributed by atoms with Crippen LogP contribution in [0.2, 0.25) is 5.02 Å². The summed E-state index contributed by atoms with van der Waals surface area (Å²) in [5, 5.41) is -0.0191. The zero-order chi connectivity index (χ0) is 9.26. The van der Waals surface area contributed by atoms with E-state index in [1.165, 1.54) is 6.33 Å². The molecule has 1 saturated heterocycles. The lowest BCUT2D eigenvalue weighted by molar-refractivity contribution is -0.0813. The van der Waals surface area contributed by atoms with E-state index in [9.17, 15) is 4.79 Å². The monoisotopic (exact) mass is 202 g/mol. The van der Waals surface area contributed by atoms with Gasteiger partial charge in [-0.05, 0) is 0 Å². The lowest BCUT2D eigenvalue weighted by Crippen LogP contribution is -2.39. The van der Waals surface area contributed by atoms with Crippen LogP contribution in [0.4, 0.5) is 0 Å². The summed E-state index contributed by atoms with van der Waals surface area (Å²) in [6, 6.07) is 0. The Morgan fingerprint density at radius 2 is 2.46 bits per heavy atom. The van der Waals surface area contributed by atoms with Crippen molar-refractivity contribution in [2.75, 3.05) is 13.2 Å². The fraction of sp³-hybridized carbons (Fsp3) is 0.429. The number of H-pyrrole nitrogens is 1. The van der Waals surface area contributed by atoms with E-state index in [2.05, 4.69) is 9.97 Å². The molecule has 1 N–H and O–H groups in total. The molecule has 0 aromatic carbocycles. The summed E-state index contributed by atoms with van der Waals surface area (Å²) in [5.41, 5.74) is -0.396. The molecule has 0 radical (unpaired) electrons. The number of hydrogen-bond acceptors (Lipinski definition) is 4. The van der Waals surface area contributed by atoms with Gasteiger partial charge in [-0.25, -0.2) is 4.98 Å². The van der Waals surface area contributed by atoms with Crippen LogP contribution in [0.1, 0.15) is 0 Å². The second-order valence-corrected chi connectivity index (χ2v) is 3.01. The molecule has 2 rings (SSSR count). The van der Waals surface area contributed by atoms with Crippen LogP contribution in [0.25, 0.3) is 0 Å². The van der Waals surface area contributed by atoms with E-state index in [-0.39, 0.29) is 17.0 Å². The van der Waals surface area contributed by atoms with Crippen molar-refractivity contribution in [3.63, 3.8) is 0 Å². The van der Waals surface area contributed by atoms with Crippen LogP contribution in [0, 0.1) is 0 Å². The van der Waals surface area contributed by atoms with Gasteiger partial charge in [-0.15, -0.1) is 0 Å². The van der Waals surface area contributed by atoms with Crippen molar-refractivity contribution in [3.05, 3.63) is 21.7 Å². The first-order valence-electron chi connectivity index (χ1n) is 3.75. The van der Waals surface area contributed by atoms with Gasteiger partial charge in [0.15, 0.2) is 5.02 Å². The Morgan fingerprint density at radius 1 is 1.69 bits per heavy atom. The van der Waals surface area contributed by atoms with E-state index < -0.39 is 5.56 Å². The fourth-order valence-electron chi connectivity index (χ4n) is 0.889. The third-order valence-corrected chi connectivity index (χ3v) is 1.98. The molecule has 6 heteroatoms. The van der Waals surface area contributed by atoms with Gasteiger partial charge in [0, 0.05) is 0 Å². The van der Waals surface area contributed by atoms with Crippen molar-refractivity contribution in [3.8, 4) is 5.88 Å². The normalized spacial score (nSPS) is 16.7. The van der Waals surface area contributed by atoms with Crippen LogP contribution in [-0.2, 0) is 4.74 Å². The largest absolute Gasteiger partial charge is 0.468 e. The number of halogens is 1. The minimum atomic E-state index is -0.396. The maximum atomic E-state index is 11.0. The second kappa shape index (κ2) is 3.35. The number of rotatable bonds is 2. The van der Waals surface area contributed by atoms with Crippen molar-refractivity contribution in [2.45, 2.75) is 6.10 Å². The highest BCUT2D eigenvalue weighted by Gasteiger charge is 2.22. The maximum absolute atomic E-state index is 11.0. The van der Waals surface area contributed by atoms with Crippen LogP contribution in [0.3, 0.4) is 0 Å². The van der Waals surface area contributed by atoms with E-state index in [4.69, 9.17) is 21.1 Å². The third-order valence-electron chi connectivity index (χ3n) is 1.65. The lowest BCUT2D eigenvalue weighted by Gasteiger charge is -2.26. The van der Waals surface area contributed by atoms with E-state index in [1.54, 1.807) is 0 Å². The van der Waals surface area contributed by atoms with E-state index in [0.29, 0.717) is 13.2 Å². The summed E-state index contributed by atoms with van der Waals surface area (Å²) in [4.78, 5) is 17.1. The Hall–Kier alpha value is -1.07. The maximum Gasteiger partial charge on any atom is 0.273 e. The Bertz CT molecular complexity index is 361. The van der Waals surface area contributed by atoms with Crippen molar-refractivity contribution >= 4 is 11.6 Å². The molecule has 2 heterocycles. The molecule has 0 amide bonds. The van der Waals surface area contributed by atoms with Gasteiger partial charge in [0.05, 0.1) is 19.5 Å². The molecule has 0 atom stereocenters. The molecule has 1 aliphatic rings. The topological polar surface area (TPSA) is 64.2 Å². The number of nitrogens with one attached hydrogen (secondary N) is 1. The average molecular weight is 203 g/mol. The highest BCUT2D eigenvalue weighted by Crippen LogP contribution is 2.18. The van der Waals surface area contributed by atoms with Crippen molar-refractivity contribution in [1.82, 2.24) is 9.97 Å². The number of ether oxygens (including phenoxy) is 2. The quantitative estimate of drug-likeness (QED) is 0.744. The number of hydrogen-bond donors (Lipinski definition) is 1. The summed E-state index contributed by atoms with van der Waals surface area (Å²) in [6.07, 6.45) is 1.22. The van der Waals surface area contributed by atoms with Crippen molar-refractivity contribution < 1.29 is 9.47 Å². The molecule has 5 nitrogen and oxygen atoms in total. The standard InChI is InChI=1S/C7H7ClN2O3/c8-5-6(11)9-3-10-7(5)13-4-1-12-2-4/h3-4H,1-2H2,(H,9,10,11). The molecule has 0 spiro atoms. The van der Waals surface area contributed by atoms with Crippen molar-refractivity contribution in [1.29, 1.82) is 0 Å². The van der Waals surface area contributed by atoms with Gasteiger partial charge in [-0.2, -0.15) is 0 Å². The first-order chi connectivity index (χ1) is 6.27. The highest BCUT2D eigenvalue weighted by atomic mass is 35.5. The molecule has 0 aliphatic carbocycles. The van der Waals surface area contributed by atoms with Crippen LogP contribution >= 0.6 is 11.6 Å². The third kappa shape index (κ3) is 1.66. The summed E-state index contributed by atoms with van der Waals surface area (Å²) >= 11 is 5.65. The highest BCUT2D eigenvalue weighted by molar-refractivity contribution is 6.31. The van der Waals surface area contributed by atoms with E-state index >= 15 is 0 Å². The molecule has 1 aromatic heterocycles. The van der Waals surface area contributed by atoms with Crippen molar-refractivity contribution in [2.24, 2.45) is 0 Å². The van der Waals surface area contributed by atoms with Crippen LogP contribution in [0.5, 0.6) is 5.88 Å². The summed E-state index contributed by atoms with van der Waals surface area (Å²) in [6.45, 7) is 1.04. The van der Waals surface area contributed by atoms with Crippen LogP contribution in [0.15, 0.2) is 11.1 Å². The molecular formula is C7H7ClN2O3. The number of aromatic amines is 1. The Balaban J connectivity index is 2.19. The Kier molecular flexibility index (Phi) is 2.20. The van der Waals surface area contributed by atoms with Gasteiger partial charge in [0.25, 0.3) is 5.56 Å². The molecule has 70 valence electrons. The number of aromatic nitrogens is 2. The zero-order valence-electron chi connectivity index (χ0n) is 6.62. The Labute approximate surface area is 78.7 Å². The summed E-state index contributed by atoms with van der Waals surface area (Å²) in [7, 11) is 0. The summed E-state index contributed by atoms with van der Waals surface area (Å²) in [5.74, 6) is 0.165. The minimum Gasteiger partial charge on any atom is -0.468 e. The predicted molar refractivity (Wildman–Crippen MR) is 45.1 cm³/mol. The zero-order valence-corrected chi connectivity index (χ0v) is 7.37. The molecule has 1 aliphatic heterocycles. The average Bonchev–Trinajstić information content (AvgIpc) is 2.04. The smallest absolute Gasteiger partial charge is 0.273 e. The molecule has 0 unspecified atom stereocenters. The predicted octanol–water partition coefficient (Wildman–Crippen LogP) is 0.201. The first-order valence-corrected chi connectivity index (χ1v) is 4.13. The van der Waals surface area contributed by atoms with Gasteiger partial charge < -0.3 is 14.5 Å². The SMILES string of the molecule is O=c1[nH]cnc(OC2COC2)c1Cl. The second-order valence-electron chi connectivity index (χ2n) is 2.63. The fourth-order valence-corrected chi connectivity index (χ4v) is 1.04. The van der Waals surface area contributed by atoms with E-state index in [1.807, 2.05) is 0 Å². The molecule has 0 saturated carbocycles. The van der Waals surface area contributed by atoms with E-state index in [0.717, 1.165) is 0 Å². The molecule has 1 aromatic rings. The molecule has 1 fully saturated rings. The minimum absolute atomic E-state index is 0.0191. The van der Waals surface area contributed by atoms with Gasteiger partial charge in [-0.3, -0.25) is 4.79 Å². The summed E-state index contributed by atoms with van der Waals surface area (Å²) < 4.78 is 10.2. The van der Waals surface area contributed by atoms with Gasteiger partial charge in [0.1, 0.15) is 6.10 Å².